The van der Waals surface area contributed by atoms with E-state index in [4.69, 9.17) is 0 Å². The average Bonchev–Trinajstić information content (AvgIpc) is 3.11. The van der Waals surface area contributed by atoms with E-state index in [-0.39, 0.29) is 35.7 Å². The second-order valence-electron chi connectivity index (χ2n) is 11.3. The summed E-state index contributed by atoms with van der Waals surface area (Å²) in [7, 11) is 0. The molecule has 40 heavy (non-hydrogen) atoms. The van der Waals surface area contributed by atoms with E-state index in [0.29, 0.717) is 38.1 Å². The summed E-state index contributed by atoms with van der Waals surface area (Å²) in [6.07, 6.45) is 4.59. The number of nitrogens with one attached hydrogen (secondary N) is 1. The van der Waals surface area contributed by atoms with Crippen molar-refractivity contribution in [2.75, 3.05) is 26.2 Å². The molecule has 3 saturated heterocycles. The lowest BCUT2D eigenvalue weighted by Crippen LogP contribution is -2.53. The van der Waals surface area contributed by atoms with Gasteiger partial charge in [0.05, 0.1) is 0 Å². The maximum absolute atomic E-state index is 14.2. The minimum Gasteiger partial charge on any atom is -0.507 e. The number of carbonyl (C=O) groups excluding carboxylic acids is 2. The van der Waals surface area contributed by atoms with Crippen molar-refractivity contribution in [1.82, 2.24) is 20.0 Å². The minimum atomic E-state index is -0.749. The fourth-order valence-corrected chi connectivity index (χ4v) is 6.70. The number of carbonyl (C=O) groups is 2. The lowest BCUT2D eigenvalue weighted by Gasteiger charge is -2.39. The van der Waals surface area contributed by atoms with Crippen molar-refractivity contribution in [3.05, 3.63) is 77.4 Å². The Morgan fingerprint density at radius 2 is 1.57 bits per heavy atom. The third-order valence-electron chi connectivity index (χ3n) is 8.72. The molecule has 3 amide bonds. The number of phenols is 1. The Labute approximate surface area is 232 Å². The Morgan fingerprint density at radius 1 is 0.875 bits per heavy atom. The molecule has 3 aliphatic heterocycles. The van der Waals surface area contributed by atoms with Gasteiger partial charge < -0.3 is 20.2 Å². The van der Waals surface area contributed by atoms with Gasteiger partial charge in [0.15, 0.2) is 0 Å². The summed E-state index contributed by atoms with van der Waals surface area (Å²) in [4.78, 5) is 31.9. The Bertz CT molecular complexity index is 1400. The van der Waals surface area contributed by atoms with E-state index in [9.17, 15) is 23.5 Å². The van der Waals surface area contributed by atoms with E-state index >= 15 is 0 Å². The van der Waals surface area contributed by atoms with Crippen LogP contribution in [-0.4, -0.2) is 76.0 Å². The monoisotopic (exact) mass is 548 g/mol. The maximum Gasteiger partial charge on any atom is 0.317 e. The molecule has 0 aromatic heterocycles. The van der Waals surface area contributed by atoms with E-state index < -0.39 is 11.7 Å². The van der Waals surface area contributed by atoms with Crippen molar-refractivity contribution < 1.29 is 23.5 Å². The first-order chi connectivity index (χ1) is 19.4. The van der Waals surface area contributed by atoms with E-state index in [0.717, 1.165) is 49.1 Å². The predicted molar refractivity (Wildman–Crippen MR) is 148 cm³/mol. The van der Waals surface area contributed by atoms with E-state index in [1.807, 2.05) is 12.1 Å². The van der Waals surface area contributed by atoms with Crippen molar-refractivity contribution in [3.63, 3.8) is 0 Å². The smallest absolute Gasteiger partial charge is 0.317 e. The molecular formula is C31H34F2N4O3. The number of hydrogen-bond acceptors (Lipinski definition) is 4. The topological polar surface area (TPSA) is 76.1 Å². The van der Waals surface area contributed by atoms with Crippen molar-refractivity contribution in [3.8, 4) is 5.75 Å². The van der Waals surface area contributed by atoms with Gasteiger partial charge in [0.2, 0.25) is 0 Å². The van der Waals surface area contributed by atoms with Crippen LogP contribution in [0, 0.1) is 11.6 Å². The summed E-state index contributed by atoms with van der Waals surface area (Å²) in [5.74, 6) is -1.90. The van der Waals surface area contributed by atoms with Gasteiger partial charge in [0, 0.05) is 50.8 Å². The largest absolute Gasteiger partial charge is 0.507 e. The van der Waals surface area contributed by atoms with Gasteiger partial charge in [-0.25, -0.2) is 13.6 Å². The number of nitrogens with zero attached hydrogens (tertiary/aromatic N) is 3. The highest BCUT2D eigenvalue weighted by molar-refractivity contribution is 5.97. The van der Waals surface area contributed by atoms with Crippen molar-refractivity contribution in [2.24, 2.45) is 0 Å². The first-order valence-corrected chi connectivity index (χ1v) is 14.1. The fraction of sp³-hybridized carbons (Fsp3) is 0.419. The molecule has 2 atom stereocenters. The van der Waals surface area contributed by atoms with Crippen LogP contribution in [0.1, 0.15) is 48.0 Å². The Balaban J connectivity index is 1.03. The number of benzene rings is 3. The van der Waals surface area contributed by atoms with Crippen LogP contribution in [0.3, 0.4) is 0 Å². The van der Waals surface area contributed by atoms with E-state index in [1.54, 1.807) is 11.0 Å². The number of amides is 3. The van der Waals surface area contributed by atoms with Crippen LogP contribution in [0.5, 0.6) is 5.75 Å². The molecule has 0 unspecified atom stereocenters. The molecule has 0 saturated carbocycles. The molecule has 6 rings (SSSR count). The molecule has 3 heterocycles. The molecule has 0 aliphatic carbocycles. The maximum atomic E-state index is 14.2. The van der Waals surface area contributed by atoms with Gasteiger partial charge in [-0.05, 0) is 78.8 Å². The van der Waals surface area contributed by atoms with Crippen LogP contribution in [0.4, 0.5) is 13.6 Å². The van der Waals surface area contributed by atoms with Gasteiger partial charge in [0.25, 0.3) is 5.91 Å². The Kier molecular flexibility index (Phi) is 7.31. The molecule has 3 fully saturated rings. The average molecular weight is 549 g/mol. The van der Waals surface area contributed by atoms with Crippen LogP contribution in [-0.2, 0) is 6.54 Å². The van der Waals surface area contributed by atoms with Gasteiger partial charge in [-0.1, -0.05) is 24.3 Å². The predicted octanol–water partition coefficient (Wildman–Crippen LogP) is 4.88. The van der Waals surface area contributed by atoms with Gasteiger partial charge in [-0.3, -0.25) is 9.69 Å². The SMILES string of the molecule is O=C(NC1C[C@H]2CC[C@H](C1)N2Cc1ccc2cc(F)ccc2c1)N1CCCN(C(=O)c2c(O)cccc2F)CC1. The first kappa shape index (κ1) is 26.5. The molecule has 3 aromatic rings. The molecule has 3 aliphatic rings. The summed E-state index contributed by atoms with van der Waals surface area (Å²) >= 11 is 0. The second kappa shape index (κ2) is 11.0. The highest BCUT2D eigenvalue weighted by atomic mass is 19.1. The Morgan fingerprint density at radius 3 is 2.35 bits per heavy atom. The number of fused-ring (bicyclic) bond motifs is 3. The zero-order chi connectivity index (χ0) is 27.8. The first-order valence-electron chi connectivity index (χ1n) is 14.1. The fourth-order valence-electron chi connectivity index (χ4n) is 6.70. The van der Waals surface area contributed by atoms with E-state index in [2.05, 4.69) is 22.3 Å². The van der Waals surface area contributed by atoms with Crippen LogP contribution >= 0.6 is 0 Å². The molecule has 3 aromatic carbocycles. The second-order valence-corrected chi connectivity index (χ2v) is 11.3. The van der Waals surface area contributed by atoms with Gasteiger partial charge in [0.1, 0.15) is 22.9 Å². The summed E-state index contributed by atoms with van der Waals surface area (Å²) in [5.41, 5.74) is 0.895. The number of rotatable bonds is 4. The zero-order valence-electron chi connectivity index (χ0n) is 22.4. The Hall–Kier alpha value is -3.72. The summed E-state index contributed by atoms with van der Waals surface area (Å²) < 4.78 is 27.8. The normalized spacial score (nSPS) is 23.3. The summed E-state index contributed by atoms with van der Waals surface area (Å²) in [6.45, 7) is 2.38. The number of urea groups is 1. The number of aromatic hydroxyl groups is 1. The molecular weight excluding hydrogens is 514 g/mol. The van der Waals surface area contributed by atoms with Gasteiger partial charge in [-0.15, -0.1) is 0 Å². The minimum absolute atomic E-state index is 0.0946. The van der Waals surface area contributed by atoms with Crippen LogP contribution in [0.15, 0.2) is 54.6 Å². The lowest BCUT2D eigenvalue weighted by molar-refractivity contribution is 0.0753. The molecule has 210 valence electrons. The molecule has 7 nitrogen and oxygen atoms in total. The number of piperidine rings is 1. The summed E-state index contributed by atoms with van der Waals surface area (Å²) in [5, 5.41) is 15.2. The van der Waals surface area contributed by atoms with Crippen molar-refractivity contribution in [2.45, 2.75) is 56.8 Å². The lowest BCUT2D eigenvalue weighted by atomic mass is 9.96. The third-order valence-corrected chi connectivity index (χ3v) is 8.72. The molecule has 2 N–H and O–H groups in total. The zero-order valence-corrected chi connectivity index (χ0v) is 22.4. The number of hydrogen-bond donors (Lipinski definition) is 2. The van der Waals surface area contributed by atoms with Gasteiger partial charge >= 0.3 is 6.03 Å². The number of halogens is 2. The summed E-state index contributed by atoms with van der Waals surface area (Å²) in [6, 6.07) is 15.7. The van der Waals surface area contributed by atoms with Crippen molar-refractivity contribution in [1.29, 1.82) is 0 Å². The highest BCUT2D eigenvalue weighted by Gasteiger charge is 2.41. The third kappa shape index (κ3) is 5.35. The quantitative estimate of drug-likeness (QED) is 0.488. The van der Waals surface area contributed by atoms with Crippen LogP contribution in [0.2, 0.25) is 0 Å². The molecule has 0 radical (unpaired) electrons. The van der Waals surface area contributed by atoms with Crippen LogP contribution in [0.25, 0.3) is 10.8 Å². The number of phenolic OH excluding ortho intramolecular Hbond substituents is 1. The van der Waals surface area contributed by atoms with Crippen LogP contribution < -0.4 is 5.32 Å². The molecule has 0 spiro atoms. The van der Waals surface area contributed by atoms with Crippen molar-refractivity contribution >= 4 is 22.7 Å². The van der Waals surface area contributed by atoms with E-state index in [1.165, 1.54) is 28.7 Å². The highest BCUT2D eigenvalue weighted by Crippen LogP contribution is 2.37. The standard InChI is InChI=1S/C31H34F2N4O3/c32-23-8-7-21-15-20(5-6-22(21)16-23)19-37-25-9-10-26(37)18-24(17-25)34-31(40)36-12-2-11-35(13-14-36)30(39)29-27(33)3-1-4-28(29)38/h1,3-8,15-16,24-26,38H,2,9-14,17-19H2,(H,34,40)/t25-,26-/m1/s1. The molecule has 2 bridgehead atoms. The molecule has 9 heteroatoms. The van der Waals surface area contributed by atoms with Gasteiger partial charge in [-0.2, -0.15) is 0 Å².